The predicted octanol–water partition coefficient (Wildman–Crippen LogP) is 9.37. The van der Waals surface area contributed by atoms with Crippen LogP contribution in [0, 0.1) is 23.3 Å². The number of thioether (sulfide) groups is 2. The minimum Gasteiger partial charge on any atom is -0.369 e. The number of nitrogens with zero attached hydrogens (tertiary/aromatic N) is 8. The van der Waals surface area contributed by atoms with E-state index in [-0.39, 0.29) is 42.1 Å². The Morgan fingerprint density at radius 2 is 0.839 bits per heavy atom. The maximum absolute atomic E-state index is 15.9. The average Bonchev–Trinajstić information content (AvgIpc) is 3.79. The summed E-state index contributed by atoms with van der Waals surface area (Å²) in [4.78, 5) is 24.6. The van der Waals surface area contributed by atoms with Crippen molar-refractivity contribution < 1.29 is 22.4 Å². The Bertz CT molecular complexity index is 2300. The molecule has 324 valence electrons. The molecule has 17 heteroatoms. The van der Waals surface area contributed by atoms with E-state index in [1.807, 2.05) is 12.5 Å². The Kier molecular flexibility index (Phi) is 13.9. The van der Waals surface area contributed by atoms with Gasteiger partial charge in [-0.1, -0.05) is 23.2 Å². The van der Waals surface area contributed by atoms with Gasteiger partial charge in [-0.3, -0.25) is 24.0 Å². The molecule has 2 atom stereocenters. The molecular formula is C45H44Cl2F4N8OS2. The Hall–Kier alpha value is -4.51. The van der Waals surface area contributed by atoms with Crippen molar-refractivity contribution in [2.75, 3.05) is 74.7 Å². The minimum atomic E-state index is -0.726. The zero-order valence-corrected chi connectivity index (χ0v) is 37.2. The lowest BCUT2D eigenvalue weighted by molar-refractivity contribution is -0.131. The van der Waals surface area contributed by atoms with E-state index in [1.165, 1.54) is 72.1 Å². The molecule has 2 fully saturated rings. The van der Waals surface area contributed by atoms with Gasteiger partial charge in [0.25, 0.3) is 0 Å². The van der Waals surface area contributed by atoms with Gasteiger partial charge in [0.05, 0.1) is 36.6 Å². The summed E-state index contributed by atoms with van der Waals surface area (Å²) in [6.07, 6.45) is 3.76. The molecule has 2 unspecified atom stereocenters. The number of Topliss-reactive ketones (excluding diaryl/α,β-unsaturated/α-hetero) is 1. The summed E-state index contributed by atoms with van der Waals surface area (Å²) in [5, 5.41) is 11.8. The highest BCUT2D eigenvalue weighted by molar-refractivity contribution is 7.98. The van der Waals surface area contributed by atoms with Gasteiger partial charge in [0, 0.05) is 74.9 Å². The largest absolute Gasteiger partial charge is 0.369 e. The van der Waals surface area contributed by atoms with Crippen LogP contribution in [0.25, 0.3) is 22.5 Å². The smallest absolute Gasteiger partial charge is 0.170 e. The molecule has 0 N–H and O–H groups in total. The summed E-state index contributed by atoms with van der Waals surface area (Å²) in [7, 11) is 0. The molecule has 6 aromatic rings. The van der Waals surface area contributed by atoms with Crippen LogP contribution in [-0.2, 0) is 17.9 Å². The van der Waals surface area contributed by atoms with Crippen LogP contribution in [0.4, 0.5) is 28.9 Å². The highest BCUT2D eigenvalue weighted by Crippen LogP contribution is 2.38. The second kappa shape index (κ2) is 19.5. The second-order valence-corrected chi connectivity index (χ2v) is 17.5. The zero-order chi connectivity index (χ0) is 43.5. The fraction of sp³-hybridized carbons (Fsp3) is 0.311. The fourth-order valence-corrected chi connectivity index (χ4v) is 10.2. The van der Waals surface area contributed by atoms with Gasteiger partial charge in [-0.15, -0.1) is 23.5 Å². The number of halogens is 6. The van der Waals surface area contributed by atoms with Crippen molar-refractivity contribution >= 4 is 63.9 Å². The van der Waals surface area contributed by atoms with Crippen LogP contribution in [0.2, 0.25) is 10.0 Å². The van der Waals surface area contributed by atoms with E-state index in [0.29, 0.717) is 95.0 Å². The zero-order valence-electron chi connectivity index (χ0n) is 34.0. The first-order valence-corrected chi connectivity index (χ1v) is 23.4. The summed E-state index contributed by atoms with van der Waals surface area (Å²) in [6.45, 7) is 4.65. The Balaban J connectivity index is 1.19. The normalized spacial score (nSPS) is 16.2. The van der Waals surface area contributed by atoms with Crippen molar-refractivity contribution in [3.8, 4) is 22.5 Å². The molecule has 9 nitrogen and oxygen atoms in total. The van der Waals surface area contributed by atoms with Gasteiger partial charge in [0.15, 0.2) is 5.78 Å². The first-order valence-electron chi connectivity index (χ1n) is 20.2. The lowest BCUT2D eigenvalue weighted by Crippen LogP contribution is -2.61. The molecule has 4 heterocycles. The lowest BCUT2D eigenvalue weighted by Gasteiger charge is -2.43. The molecule has 0 aliphatic carbocycles. The van der Waals surface area contributed by atoms with Crippen LogP contribution >= 0.6 is 46.7 Å². The molecule has 8 rings (SSSR count). The molecule has 0 saturated carbocycles. The molecular weight excluding hydrogens is 880 g/mol. The van der Waals surface area contributed by atoms with E-state index in [0.717, 1.165) is 11.4 Å². The first kappa shape index (κ1) is 44.1. The van der Waals surface area contributed by atoms with E-state index in [9.17, 15) is 17.6 Å². The molecule has 0 radical (unpaired) electrons. The lowest BCUT2D eigenvalue weighted by atomic mass is 9.99. The molecule has 2 aliphatic heterocycles. The number of ketones is 1. The molecule has 62 heavy (non-hydrogen) atoms. The van der Waals surface area contributed by atoms with E-state index in [2.05, 4.69) is 19.6 Å². The van der Waals surface area contributed by atoms with E-state index in [1.54, 1.807) is 57.9 Å². The first-order chi connectivity index (χ1) is 30.0. The van der Waals surface area contributed by atoms with Gasteiger partial charge in [0.1, 0.15) is 43.4 Å². The summed E-state index contributed by atoms with van der Waals surface area (Å²) in [6, 6.07) is 23.5. The van der Waals surface area contributed by atoms with E-state index in [4.69, 9.17) is 33.4 Å². The van der Waals surface area contributed by atoms with Gasteiger partial charge in [0.2, 0.25) is 0 Å². The van der Waals surface area contributed by atoms with Gasteiger partial charge in [-0.2, -0.15) is 10.2 Å². The minimum absolute atomic E-state index is 0.0692. The Morgan fingerprint density at radius 1 is 0.532 bits per heavy atom. The summed E-state index contributed by atoms with van der Waals surface area (Å²) in [5.74, 6) is -1.47. The van der Waals surface area contributed by atoms with Crippen molar-refractivity contribution in [3.05, 3.63) is 130 Å². The van der Waals surface area contributed by atoms with Crippen LogP contribution in [-0.4, -0.2) is 112 Å². The quantitative estimate of drug-likeness (QED) is 0.0786. The number of carbonyl (C=O) groups is 1. The third-order valence-corrected chi connectivity index (χ3v) is 13.9. The van der Waals surface area contributed by atoms with E-state index >= 15 is 4.79 Å². The number of aromatic nitrogens is 4. The van der Waals surface area contributed by atoms with Gasteiger partial charge in [-0.25, -0.2) is 17.6 Å². The van der Waals surface area contributed by atoms with Crippen molar-refractivity contribution in [2.45, 2.75) is 35.2 Å². The molecule has 0 bridgehead atoms. The summed E-state index contributed by atoms with van der Waals surface area (Å²) >= 11 is 16.8. The predicted molar refractivity (Wildman–Crippen MR) is 242 cm³/mol. The van der Waals surface area contributed by atoms with Gasteiger partial charge < -0.3 is 9.80 Å². The molecule has 2 saturated heterocycles. The highest BCUT2D eigenvalue weighted by atomic mass is 35.5. The summed E-state index contributed by atoms with van der Waals surface area (Å²) in [5.41, 5.74) is 4.24. The number of hydrogen-bond donors (Lipinski definition) is 0. The van der Waals surface area contributed by atoms with Crippen molar-refractivity contribution in [3.63, 3.8) is 0 Å². The monoisotopic (exact) mass is 922 g/mol. The van der Waals surface area contributed by atoms with Gasteiger partial charge in [-0.05, 0) is 110 Å². The number of hydrogen-bond acceptors (Lipinski definition) is 9. The third-order valence-electron chi connectivity index (χ3n) is 11.6. The van der Waals surface area contributed by atoms with Crippen LogP contribution in [0.15, 0.2) is 107 Å². The number of rotatable bonds is 14. The third kappa shape index (κ3) is 9.53. The Labute approximate surface area is 376 Å². The van der Waals surface area contributed by atoms with Crippen LogP contribution in [0.1, 0.15) is 0 Å². The van der Waals surface area contributed by atoms with Crippen LogP contribution in [0.5, 0.6) is 0 Å². The molecule has 4 aromatic carbocycles. The van der Waals surface area contributed by atoms with Crippen LogP contribution in [0.3, 0.4) is 0 Å². The maximum Gasteiger partial charge on any atom is 0.170 e. The van der Waals surface area contributed by atoms with E-state index < -0.39 is 12.1 Å². The number of anilines is 2. The highest BCUT2D eigenvalue weighted by Gasteiger charge is 2.40. The van der Waals surface area contributed by atoms with Crippen molar-refractivity contribution in [2.24, 2.45) is 0 Å². The second-order valence-electron chi connectivity index (χ2n) is 15.2. The number of carbonyl (C=O) groups excluding carboxylic acids is 1. The number of piperazine rings is 2. The Morgan fingerprint density at radius 3 is 1.15 bits per heavy atom. The maximum atomic E-state index is 15.9. The molecule has 2 aliphatic rings. The van der Waals surface area contributed by atoms with Gasteiger partial charge >= 0.3 is 0 Å². The average molecular weight is 924 g/mol. The number of benzene rings is 4. The SMILES string of the molecule is CSc1nn(CC(C(=O)C(Cn2nc(SC)c(Cl)c2-c2ccc(F)cc2)N2CCN(c3ccc(F)cc3)CC2)N2CCN(c3ccc(F)cc3)CC2)c(-c2ccc(F)cc2)c1Cl. The van der Waals surface area contributed by atoms with Crippen molar-refractivity contribution in [1.29, 1.82) is 0 Å². The molecule has 0 amide bonds. The van der Waals surface area contributed by atoms with Crippen LogP contribution < -0.4 is 9.80 Å². The fourth-order valence-electron chi connectivity index (χ4n) is 8.34. The molecule has 2 aromatic heterocycles. The van der Waals surface area contributed by atoms with Crippen molar-refractivity contribution in [1.82, 2.24) is 29.4 Å². The molecule has 0 spiro atoms. The topological polar surface area (TPSA) is 65.7 Å². The standard InChI is InChI=1S/C45H44Cl2F4N8OS2/c1-61-44-39(46)41(29-3-7-31(48)8-4-29)58(52-44)27-37(56-23-19-54(20-24-56)35-15-11-33(50)12-16-35)43(60)38(57-25-21-55(22-26-57)36-17-13-34(51)14-18-36)28-59-42(40(47)45(53-59)62-2)30-5-9-32(49)10-6-30/h3-18,37-38H,19-28H2,1-2H3. The summed E-state index contributed by atoms with van der Waals surface area (Å²) < 4.78 is 59.7.